The lowest BCUT2D eigenvalue weighted by Crippen LogP contribution is -2.43. The maximum atomic E-state index is 12.1. The van der Waals surface area contributed by atoms with Crippen LogP contribution in [-0.4, -0.2) is 52.5 Å². The van der Waals surface area contributed by atoms with Crippen molar-refractivity contribution in [3.05, 3.63) is 18.1 Å². The summed E-state index contributed by atoms with van der Waals surface area (Å²) in [6.07, 6.45) is 7.28. The highest BCUT2D eigenvalue weighted by Crippen LogP contribution is 2.20. The number of nitrogens with zero attached hydrogens (tertiary/aromatic N) is 3. The zero-order valence-electron chi connectivity index (χ0n) is 15.0. The monoisotopic (exact) mass is 352 g/mol. The first-order valence-corrected chi connectivity index (χ1v) is 9.64. The van der Waals surface area contributed by atoms with E-state index in [0.29, 0.717) is 5.92 Å². The van der Waals surface area contributed by atoms with Gasteiger partial charge in [0.25, 0.3) is 0 Å². The molecule has 7 heteroatoms. The molecule has 1 amide bonds. The molecule has 24 heavy (non-hydrogen) atoms. The van der Waals surface area contributed by atoms with Gasteiger partial charge in [-0.05, 0) is 52.3 Å². The van der Waals surface area contributed by atoms with Crippen LogP contribution in [0.2, 0.25) is 0 Å². The number of hydrogen-bond acceptors (Lipinski definition) is 6. The van der Waals surface area contributed by atoms with E-state index in [1.165, 1.54) is 0 Å². The fraction of sp³-hybridized carbons (Fsp3) is 0.706. The summed E-state index contributed by atoms with van der Waals surface area (Å²) in [5.41, 5.74) is 0.567. The molecule has 1 fully saturated rings. The second-order valence-corrected chi connectivity index (χ2v) is 7.85. The molecule has 0 aliphatic carbocycles. The van der Waals surface area contributed by atoms with Gasteiger partial charge in [-0.25, -0.2) is 9.78 Å². The van der Waals surface area contributed by atoms with Crippen LogP contribution >= 0.6 is 11.8 Å². The van der Waals surface area contributed by atoms with E-state index in [9.17, 15) is 4.79 Å². The second-order valence-electron chi connectivity index (χ2n) is 7.05. The molecule has 0 spiro atoms. The van der Waals surface area contributed by atoms with Crippen LogP contribution in [0, 0.1) is 5.92 Å². The number of piperidine rings is 1. The summed E-state index contributed by atoms with van der Waals surface area (Å²) in [4.78, 5) is 22.6. The molecule has 1 aromatic heterocycles. The van der Waals surface area contributed by atoms with E-state index in [1.807, 2.05) is 31.9 Å². The van der Waals surface area contributed by atoms with Gasteiger partial charge in [0.1, 0.15) is 10.6 Å². The Balaban J connectivity index is 1.71. The number of carbonyl (C=O) groups excluding carboxylic acids is 1. The Kier molecular flexibility index (Phi) is 6.86. The molecule has 0 saturated carbocycles. The number of rotatable bonds is 5. The molecule has 0 aromatic carbocycles. The van der Waals surface area contributed by atoms with Gasteiger partial charge in [0.2, 0.25) is 0 Å². The summed E-state index contributed by atoms with van der Waals surface area (Å²) in [7, 11) is 0. The summed E-state index contributed by atoms with van der Waals surface area (Å²) in [5, 5.41) is 4.45. The Bertz CT molecular complexity index is 540. The minimum atomic E-state index is -0.429. The predicted octanol–water partition coefficient (Wildman–Crippen LogP) is 2.94. The van der Waals surface area contributed by atoms with Crippen LogP contribution in [0.1, 0.15) is 39.3 Å². The standard InChI is InChI=1S/C17H28N4O2S/c1-17(2,3)23-16(22)21-9-5-13(6-10-21)11-18-12-14-15(24-4)20-8-7-19-14/h7-8,13,18H,5-6,9-12H2,1-4H3. The van der Waals surface area contributed by atoms with Crippen molar-refractivity contribution in [2.24, 2.45) is 5.92 Å². The number of likely N-dealkylation sites (tertiary alicyclic amines) is 1. The maximum absolute atomic E-state index is 12.1. The number of carbonyl (C=O) groups is 1. The largest absolute Gasteiger partial charge is 0.444 e. The molecule has 6 nitrogen and oxygen atoms in total. The van der Waals surface area contributed by atoms with Gasteiger partial charge in [0.15, 0.2) is 0 Å². The van der Waals surface area contributed by atoms with Crippen molar-refractivity contribution in [3.63, 3.8) is 0 Å². The van der Waals surface area contributed by atoms with Crippen LogP contribution in [0.25, 0.3) is 0 Å². The molecule has 0 radical (unpaired) electrons. The number of hydrogen-bond donors (Lipinski definition) is 1. The normalized spacial score (nSPS) is 16.2. The Morgan fingerprint density at radius 1 is 1.33 bits per heavy atom. The van der Waals surface area contributed by atoms with E-state index in [0.717, 1.165) is 49.7 Å². The van der Waals surface area contributed by atoms with Gasteiger partial charge in [-0.3, -0.25) is 4.98 Å². The molecule has 1 aromatic rings. The first kappa shape index (κ1) is 19.0. The molecule has 0 bridgehead atoms. The third-order valence-corrected chi connectivity index (χ3v) is 4.65. The molecule has 2 rings (SSSR count). The van der Waals surface area contributed by atoms with Gasteiger partial charge in [0.05, 0.1) is 5.69 Å². The Morgan fingerprint density at radius 2 is 2.00 bits per heavy atom. The number of ether oxygens (including phenoxy) is 1. The van der Waals surface area contributed by atoms with Crippen LogP contribution in [0.4, 0.5) is 4.79 Å². The van der Waals surface area contributed by atoms with E-state index in [4.69, 9.17) is 4.74 Å². The predicted molar refractivity (Wildman–Crippen MR) is 96.1 cm³/mol. The average Bonchev–Trinajstić information content (AvgIpc) is 2.54. The summed E-state index contributed by atoms with van der Waals surface area (Å²) in [6.45, 7) is 8.90. The topological polar surface area (TPSA) is 67.4 Å². The number of amides is 1. The Labute approximate surface area is 148 Å². The lowest BCUT2D eigenvalue weighted by molar-refractivity contribution is 0.0184. The maximum Gasteiger partial charge on any atom is 0.410 e. The lowest BCUT2D eigenvalue weighted by atomic mass is 9.97. The van der Waals surface area contributed by atoms with Gasteiger partial charge >= 0.3 is 6.09 Å². The fourth-order valence-corrected chi connectivity index (χ4v) is 3.21. The van der Waals surface area contributed by atoms with E-state index < -0.39 is 5.60 Å². The number of thioether (sulfide) groups is 1. The lowest BCUT2D eigenvalue weighted by Gasteiger charge is -2.33. The minimum Gasteiger partial charge on any atom is -0.444 e. The van der Waals surface area contributed by atoms with Crippen LogP contribution in [0.3, 0.4) is 0 Å². The molecule has 1 N–H and O–H groups in total. The number of nitrogens with one attached hydrogen (secondary N) is 1. The van der Waals surface area contributed by atoms with Gasteiger partial charge in [0, 0.05) is 32.0 Å². The van der Waals surface area contributed by atoms with Crippen molar-refractivity contribution in [2.75, 3.05) is 25.9 Å². The van der Waals surface area contributed by atoms with Crippen molar-refractivity contribution < 1.29 is 9.53 Å². The van der Waals surface area contributed by atoms with Gasteiger partial charge in [-0.15, -0.1) is 11.8 Å². The van der Waals surface area contributed by atoms with E-state index in [2.05, 4.69) is 15.3 Å². The van der Waals surface area contributed by atoms with Crippen molar-refractivity contribution in [1.82, 2.24) is 20.2 Å². The van der Waals surface area contributed by atoms with Crippen LogP contribution in [0.15, 0.2) is 17.4 Å². The first-order valence-electron chi connectivity index (χ1n) is 8.41. The summed E-state index contributed by atoms with van der Waals surface area (Å²) < 4.78 is 5.43. The van der Waals surface area contributed by atoms with E-state index >= 15 is 0 Å². The molecule has 2 heterocycles. The Hall–Kier alpha value is -1.34. The third kappa shape index (κ3) is 5.94. The first-order chi connectivity index (χ1) is 11.4. The zero-order chi connectivity index (χ0) is 17.6. The molecule has 0 unspecified atom stereocenters. The highest BCUT2D eigenvalue weighted by atomic mass is 32.2. The van der Waals surface area contributed by atoms with Gasteiger partial charge < -0.3 is 15.0 Å². The van der Waals surface area contributed by atoms with Crippen molar-refractivity contribution in [3.8, 4) is 0 Å². The highest BCUT2D eigenvalue weighted by Gasteiger charge is 2.26. The summed E-state index contributed by atoms with van der Waals surface area (Å²) in [6, 6.07) is 0. The molecule has 1 aliphatic heterocycles. The van der Waals surface area contributed by atoms with Crippen LogP contribution < -0.4 is 5.32 Å². The zero-order valence-corrected chi connectivity index (χ0v) is 15.9. The highest BCUT2D eigenvalue weighted by molar-refractivity contribution is 7.98. The quantitative estimate of drug-likeness (QED) is 0.822. The van der Waals surface area contributed by atoms with Gasteiger partial charge in [-0.2, -0.15) is 0 Å². The van der Waals surface area contributed by atoms with E-state index in [1.54, 1.807) is 24.2 Å². The minimum absolute atomic E-state index is 0.196. The van der Waals surface area contributed by atoms with Crippen LogP contribution in [0.5, 0.6) is 0 Å². The summed E-state index contributed by atoms with van der Waals surface area (Å²) in [5.74, 6) is 0.582. The molecule has 1 saturated heterocycles. The second kappa shape index (κ2) is 8.67. The van der Waals surface area contributed by atoms with Crippen molar-refractivity contribution >= 4 is 17.9 Å². The average molecular weight is 353 g/mol. The Morgan fingerprint density at radius 3 is 2.62 bits per heavy atom. The number of aromatic nitrogens is 2. The third-order valence-electron chi connectivity index (χ3n) is 3.92. The van der Waals surface area contributed by atoms with Gasteiger partial charge in [-0.1, -0.05) is 0 Å². The van der Waals surface area contributed by atoms with Crippen LogP contribution in [-0.2, 0) is 11.3 Å². The smallest absolute Gasteiger partial charge is 0.410 e. The van der Waals surface area contributed by atoms with Crippen molar-refractivity contribution in [2.45, 2.75) is 50.8 Å². The summed E-state index contributed by atoms with van der Waals surface area (Å²) >= 11 is 1.62. The molecular weight excluding hydrogens is 324 g/mol. The van der Waals surface area contributed by atoms with Crippen molar-refractivity contribution in [1.29, 1.82) is 0 Å². The van der Waals surface area contributed by atoms with E-state index in [-0.39, 0.29) is 6.09 Å². The SMILES string of the molecule is CSc1nccnc1CNCC1CCN(C(=O)OC(C)(C)C)CC1. The molecular formula is C17H28N4O2S. The fourth-order valence-electron chi connectivity index (χ4n) is 2.69. The molecule has 0 atom stereocenters. The molecule has 1 aliphatic rings. The molecule has 134 valence electrons.